The van der Waals surface area contributed by atoms with Crippen LogP contribution in [-0.2, 0) is 12.7 Å². The number of hydrogen-bond acceptors (Lipinski definition) is 1. The topological polar surface area (TPSA) is 29.1 Å². The summed E-state index contributed by atoms with van der Waals surface area (Å²) in [6.07, 6.45) is -4.27. The molecule has 6 heteroatoms. The molecule has 1 fully saturated rings. The fourth-order valence-corrected chi connectivity index (χ4v) is 2.69. The molecule has 2 rings (SSSR count). The van der Waals surface area contributed by atoms with Crippen LogP contribution in [0.25, 0.3) is 0 Å². The lowest BCUT2D eigenvalue weighted by Gasteiger charge is -2.29. The van der Waals surface area contributed by atoms with Crippen molar-refractivity contribution in [1.29, 1.82) is 0 Å². The largest absolute Gasteiger partial charge is 0.416 e. The number of aliphatic hydroxyl groups excluding tert-OH is 1. The smallest absolute Gasteiger partial charge is 0.391 e. The molecule has 0 radical (unpaired) electrons. The number of halogens is 3. The zero-order valence-electron chi connectivity index (χ0n) is 11.3. The minimum atomic E-state index is -4.27. The van der Waals surface area contributed by atoms with Gasteiger partial charge < -0.3 is 14.9 Å². The van der Waals surface area contributed by atoms with Crippen LogP contribution >= 0.6 is 0 Å². The SMILES string of the molecule is OCC[NH+]1CC[NH+](Cc2cccc(C(F)(F)F)c2)CC1. The Labute approximate surface area is 116 Å². The Balaban J connectivity index is 1.91. The molecule has 1 aromatic rings. The first kappa shape index (κ1) is 15.3. The molecule has 1 aliphatic heterocycles. The maximum atomic E-state index is 12.6. The first-order chi connectivity index (χ1) is 9.49. The number of aliphatic hydroxyl groups is 1. The Morgan fingerprint density at radius 3 is 2.30 bits per heavy atom. The highest BCUT2D eigenvalue weighted by Gasteiger charge is 2.31. The number of hydrogen-bond donors (Lipinski definition) is 3. The van der Waals surface area contributed by atoms with Crippen LogP contribution in [0.3, 0.4) is 0 Å². The van der Waals surface area contributed by atoms with E-state index in [0.29, 0.717) is 6.54 Å². The number of piperazine rings is 1. The quantitative estimate of drug-likeness (QED) is 0.651. The molecule has 1 aromatic carbocycles. The van der Waals surface area contributed by atoms with Gasteiger partial charge in [-0.25, -0.2) is 0 Å². The highest BCUT2D eigenvalue weighted by molar-refractivity contribution is 5.24. The van der Waals surface area contributed by atoms with Gasteiger partial charge in [-0.3, -0.25) is 0 Å². The van der Waals surface area contributed by atoms with E-state index in [4.69, 9.17) is 5.11 Å². The zero-order chi connectivity index (χ0) is 14.6. The first-order valence-electron chi connectivity index (χ1n) is 6.93. The zero-order valence-corrected chi connectivity index (χ0v) is 11.3. The molecule has 0 amide bonds. The molecule has 0 saturated carbocycles. The van der Waals surface area contributed by atoms with E-state index in [0.717, 1.165) is 44.4 Å². The molecule has 1 heterocycles. The van der Waals surface area contributed by atoms with Crippen LogP contribution in [0.2, 0.25) is 0 Å². The van der Waals surface area contributed by atoms with Crippen molar-refractivity contribution in [2.24, 2.45) is 0 Å². The maximum Gasteiger partial charge on any atom is 0.416 e. The molecule has 20 heavy (non-hydrogen) atoms. The van der Waals surface area contributed by atoms with Crippen LogP contribution in [-0.4, -0.2) is 44.4 Å². The molecule has 0 bridgehead atoms. The van der Waals surface area contributed by atoms with E-state index in [1.165, 1.54) is 21.9 Å². The summed E-state index contributed by atoms with van der Waals surface area (Å²) in [5, 5.41) is 8.89. The third-order valence-electron chi connectivity index (χ3n) is 3.84. The molecule has 0 aliphatic carbocycles. The van der Waals surface area contributed by atoms with E-state index in [1.807, 2.05) is 0 Å². The van der Waals surface area contributed by atoms with Crippen molar-refractivity contribution >= 4 is 0 Å². The van der Waals surface area contributed by atoms with Crippen LogP contribution in [0.5, 0.6) is 0 Å². The number of rotatable bonds is 4. The van der Waals surface area contributed by atoms with Gasteiger partial charge in [-0.15, -0.1) is 0 Å². The Hall–Kier alpha value is -1.11. The van der Waals surface area contributed by atoms with Gasteiger partial charge in [0.05, 0.1) is 12.2 Å². The third kappa shape index (κ3) is 4.19. The highest BCUT2D eigenvalue weighted by atomic mass is 19.4. The molecular weight excluding hydrogens is 269 g/mol. The van der Waals surface area contributed by atoms with Crippen molar-refractivity contribution in [2.45, 2.75) is 12.7 Å². The Kier molecular flexibility index (Phi) is 5.01. The second kappa shape index (κ2) is 6.56. The fourth-order valence-electron chi connectivity index (χ4n) is 2.69. The maximum absolute atomic E-state index is 12.6. The van der Waals surface area contributed by atoms with E-state index < -0.39 is 11.7 Å². The Morgan fingerprint density at radius 1 is 1.05 bits per heavy atom. The fraction of sp³-hybridized carbons (Fsp3) is 0.571. The average molecular weight is 290 g/mol. The predicted molar refractivity (Wildman–Crippen MR) is 68.5 cm³/mol. The van der Waals surface area contributed by atoms with Crippen molar-refractivity contribution in [3.05, 3.63) is 35.4 Å². The molecule has 3 nitrogen and oxygen atoms in total. The van der Waals surface area contributed by atoms with E-state index in [1.54, 1.807) is 6.07 Å². The van der Waals surface area contributed by atoms with Gasteiger partial charge in [0.1, 0.15) is 39.3 Å². The van der Waals surface area contributed by atoms with E-state index >= 15 is 0 Å². The molecule has 1 saturated heterocycles. The first-order valence-corrected chi connectivity index (χ1v) is 6.93. The van der Waals surface area contributed by atoms with Gasteiger partial charge in [-0.05, 0) is 12.1 Å². The highest BCUT2D eigenvalue weighted by Crippen LogP contribution is 2.29. The standard InChI is InChI=1S/C14H19F3N2O/c15-14(16,17)13-3-1-2-12(10-13)11-19-6-4-18(5-7-19)8-9-20/h1-3,10,20H,4-9,11H2/p+2. The summed E-state index contributed by atoms with van der Waals surface area (Å²) in [6, 6.07) is 5.60. The molecule has 3 N–H and O–H groups in total. The summed E-state index contributed by atoms with van der Waals surface area (Å²) in [6.45, 7) is 5.40. The summed E-state index contributed by atoms with van der Waals surface area (Å²) in [7, 11) is 0. The van der Waals surface area contributed by atoms with Gasteiger partial charge in [-0.2, -0.15) is 13.2 Å². The van der Waals surface area contributed by atoms with Crippen LogP contribution < -0.4 is 9.80 Å². The van der Waals surface area contributed by atoms with Crippen molar-refractivity contribution in [2.75, 3.05) is 39.3 Å². The van der Waals surface area contributed by atoms with Gasteiger partial charge in [0.2, 0.25) is 0 Å². The Morgan fingerprint density at radius 2 is 1.70 bits per heavy atom. The normalized spacial score (nSPS) is 23.8. The van der Waals surface area contributed by atoms with Crippen LogP contribution in [0.1, 0.15) is 11.1 Å². The Bertz CT molecular complexity index is 429. The van der Waals surface area contributed by atoms with Crippen LogP contribution in [0, 0.1) is 0 Å². The summed E-state index contributed by atoms with van der Waals surface area (Å²) < 4.78 is 37.9. The summed E-state index contributed by atoms with van der Waals surface area (Å²) in [5.41, 5.74) is 0.166. The lowest BCUT2D eigenvalue weighted by molar-refractivity contribution is -1.02. The van der Waals surface area contributed by atoms with E-state index in [9.17, 15) is 13.2 Å². The van der Waals surface area contributed by atoms with Crippen LogP contribution in [0.15, 0.2) is 24.3 Å². The third-order valence-corrected chi connectivity index (χ3v) is 3.84. The molecular formula is C14H21F3N2O+2. The van der Waals surface area contributed by atoms with Crippen molar-refractivity contribution in [1.82, 2.24) is 0 Å². The molecule has 0 aromatic heterocycles. The number of quaternary nitrogens is 2. The number of nitrogens with one attached hydrogen (secondary N) is 2. The lowest BCUT2D eigenvalue weighted by atomic mass is 10.1. The number of alkyl halides is 3. The van der Waals surface area contributed by atoms with Gasteiger partial charge in [0.15, 0.2) is 0 Å². The summed E-state index contributed by atoms with van der Waals surface area (Å²) >= 11 is 0. The van der Waals surface area contributed by atoms with Crippen LogP contribution in [0.4, 0.5) is 13.2 Å². The van der Waals surface area contributed by atoms with E-state index in [2.05, 4.69) is 0 Å². The molecule has 112 valence electrons. The van der Waals surface area contributed by atoms with Gasteiger partial charge in [0.25, 0.3) is 0 Å². The summed E-state index contributed by atoms with van der Waals surface area (Å²) in [5.74, 6) is 0. The van der Waals surface area contributed by atoms with Crippen molar-refractivity contribution < 1.29 is 28.1 Å². The summed E-state index contributed by atoms with van der Waals surface area (Å²) in [4.78, 5) is 2.69. The number of benzene rings is 1. The van der Waals surface area contributed by atoms with Crippen molar-refractivity contribution in [3.63, 3.8) is 0 Å². The lowest BCUT2D eigenvalue weighted by Crippen LogP contribution is -3.27. The predicted octanol–water partition coefficient (Wildman–Crippen LogP) is -1.02. The van der Waals surface area contributed by atoms with Gasteiger partial charge in [-0.1, -0.05) is 12.1 Å². The minimum absolute atomic E-state index is 0.193. The van der Waals surface area contributed by atoms with Gasteiger partial charge in [0, 0.05) is 5.56 Å². The molecule has 0 spiro atoms. The average Bonchev–Trinajstić information content (AvgIpc) is 2.41. The second-order valence-corrected chi connectivity index (χ2v) is 5.35. The van der Waals surface area contributed by atoms with Gasteiger partial charge >= 0.3 is 6.18 Å². The molecule has 0 atom stereocenters. The molecule has 1 aliphatic rings. The van der Waals surface area contributed by atoms with Crippen molar-refractivity contribution in [3.8, 4) is 0 Å². The monoisotopic (exact) mass is 290 g/mol. The molecule has 0 unspecified atom stereocenters. The second-order valence-electron chi connectivity index (χ2n) is 5.35. The minimum Gasteiger partial charge on any atom is -0.391 e. The van der Waals surface area contributed by atoms with E-state index in [-0.39, 0.29) is 6.61 Å².